The summed E-state index contributed by atoms with van der Waals surface area (Å²) in [6.45, 7) is 1.95. The first-order chi connectivity index (χ1) is 9.15. The van der Waals surface area contributed by atoms with Crippen molar-refractivity contribution in [3.63, 3.8) is 0 Å². The lowest BCUT2D eigenvalue weighted by Crippen LogP contribution is -2.28. The van der Waals surface area contributed by atoms with Gasteiger partial charge in [-0.15, -0.1) is 0 Å². The van der Waals surface area contributed by atoms with Crippen LogP contribution in [0.3, 0.4) is 0 Å². The summed E-state index contributed by atoms with van der Waals surface area (Å²) in [5.74, 6) is -0.0497. The van der Waals surface area contributed by atoms with E-state index in [0.29, 0.717) is 11.7 Å². The van der Waals surface area contributed by atoms with E-state index in [0.717, 1.165) is 22.9 Å². The van der Waals surface area contributed by atoms with E-state index in [1.807, 2.05) is 19.2 Å². The topological polar surface area (TPSA) is 62.7 Å². The molecule has 0 saturated heterocycles. The minimum absolute atomic E-state index is 0.0497. The van der Waals surface area contributed by atoms with Crippen LogP contribution in [-0.2, 0) is 0 Å². The predicted octanol–water partition coefficient (Wildman–Crippen LogP) is 2.80. The van der Waals surface area contributed by atoms with Crippen LogP contribution in [0.4, 0.5) is 0 Å². The highest BCUT2D eigenvalue weighted by atomic mass is 79.9. The monoisotopic (exact) mass is 322 g/mol. The molecule has 0 radical (unpaired) electrons. The van der Waals surface area contributed by atoms with Crippen molar-refractivity contribution in [1.82, 2.24) is 20.1 Å². The Bertz CT molecular complexity index is 586. The highest BCUT2D eigenvalue weighted by Crippen LogP contribution is 2.37. The molecule has 2 heterocycles. The van der Waals surface area contributed by atoms with Crippen LogP contribution in [0.2, 0.25) is 0 Å². The molecule has 1 aliphatic rings. The number of aromatic amines is 1. The lowest BCUT2D eigenvalue weighted by atomic mass is 10.2. The number of rotatable bonds is 4. The average molecular weight is 323 g/mol. The van der Waals surface area contributed by atoms with Crippen molar-refractivity contribution in [2.45, 2.75) is 31.8 Å². The summed E-state index contributed by atoms with van der Waals surface area (Å²) in [6.07, 6.45) is 7.80. The van der Waals surface area contributed by atoms with Crippen molar-refractivity contribution in [3.8, 4) is 0 Å². The van der Waals surface area contributed by atoms with E-state index in [-0.39, 0.29) is 11.9 Å². The standard InChI is InChI=1S/C13H15BrN4O/c1-8(9-5-15-16-6-9)17-13(19)12-4-10(14)7-18(12)11-2-3-11/h4-8,11H,2-3H2,1H3,(H,15,16)(H,17,19). The SMILES string of the molecule is CC(NC(=O)c1cc(Br)cn1C1CC1)c1cn[nH]c1. The zero-order valence-corrected chi connectivity index (χ0v) is 12.1. The number of nitrogens with one attached hydrogen (secondary N) is 2. The van der Waals surface area contributed by atoms with Gasteiger partial charge >= 0.3 is 0 Å². The van der Waals surface area contributed by atoms with Crippen LogP contribution in [0.25, 0.3) is 0 Å². The summed E-state index contributed by atoms with van der Waals surface area (Å²) >= 11 is 3.44. The van der Waals surface area contributed by atoms with E-state index in [2.05, 4.69) is 36.0 Å². The number of carbonyl (C=O) groups excluding carboxylic acids is 1. The molecule has 19 heavy (non-hydrogen) atoms. The molecule has 2 aromatic heterocycles. The highest BCUT2D eigenvalue weighted by Gasteiger charge is 2.28. The minimum Gasteiger partial charge on any atom is -0.344 e. The smallest absolute Gasteiger partial charge is 0.268 e. The van der Waals surface area contributed by atoms with E-state index < -0.39 is 0 Å². The Kier molecular flexibility index (Phi) is 3.18. The minimum atomic E-state index is -0.0624. The number of hydrogen-bond acceptors (Lipinski definition) is 2. The third-order valence-corrected chi connectivity index (χ3v) is 3.79. The van der Waals surface area contributed by atoms with Crippen LogP contribution in [0.5, 0.6) is 0 Å². The molecular formula is C13H15BrN4O. The number of amides is 1. The summed E-state index contributed by atoms with van der Waals surface area (Å²) < 4.78 is 3.00. The molecule has 0 spiro atoms. The summed E-state index contributed by atoms with van der Waals surface area (Å²) in [7, 11) is 0. The van der Waals surface area contributed by atoms with Crippen molar-refractivity contribution in [2.75, 3.05) is 0 Å². The van der Waals surface area contributed by atoms with Crippen molar-refractivity contribution in [1.29, 1.82) is 0 Å². The van der Waals surface area contributed by atoms with Gasteiger partial charge in [-0.1, -0.05) is 0 Å². The average Bonchev–Trinajstić information content (AvgIpc) is 2.91. The maximum absolute atomic E-state index is 12.3. The molecule has 0 aliphatic heterocycles. The van der Waals surface area contributed by atoms with Gasteiger partial charge in [-0.2, -0.15) is 5.10 Å². The van der Waals surface area contributed by atoms with Gasteiger partial charge in [0.2, 0.25) is 0 Å². The van der Waals surface area contributed by atoms with E-state index in [1.54, 1.807) is 12.4 Å². The Morgan fingerprint density at radius 1 is 1.63 bits per heavy atom. The molecule has 0 bridgehead atoms. The Hall–Kier alpha value is -1.56. The third kappa shape index (κ3) is 2.58. The second-order valence-corrected chi connectivity index (χ2v) is 5.82. The Labute approximate surface area is 119 Å². The van der Waals surface area contributed by atoms with E-state index in [9.17, 15) is 4.79 Å². The van der Waals surface area contributed by atoms with Gasteiger partial charge in [-0.05, 0) is 41.8 Å². The molecule has 1 aliphatic carbocycles. The molecule has 1 fully saturated rings. The van der Waals surface area contributed by atoms with Crippen LogP contribution in [0.1, 0.15) is 47.9 Å². The maximum Gasteiger partial charge on any atom is 0.268 e. The fraction of sp³-hybridized carbons (Fsp3) is 0.385. The van der Waals surface area contributed by atoms with Crippen molar-refractivity contribution < 1.29 is 4.79 Å². The number of hydrogen-bond donors (Lipinski definition) is 2. The fourth-order valence-electron chi connectivity index (χ4n) is 2.13. The van der Waals surface area contributed by atoms with Gasteiger partial charge in [0.25, 0.3) is 5.91 Å². The third-order valence-electron chi connectivity index (χ3n) is 3.36. The zero-order chi connectivity index (χ0) is 13.4. The first-order valence-corrected chi connectivity index (χ1v) is 7.11. The highest BCUT2D eigenvalue weighted by molar-refractivity contribution is 9.10. The maximum atomic E-state index is 12.3. The molecule has 2 aromatic rings. The molecule has 1 atom stereocenters. The van der Waals surface area contributed by atoms with Gasteiger partial charge < -0.3 is 9.88 Å². The molecule has 1 saturated carbocycles. The van der Waals surface area contributed by atoms with Crippen LogP contribution in [0.15, 0.2) is 29.1 Å². The Morgan fingerprint density at radius 3 is 3.05 bits per heavy atom. The van der Waals surface area contributed by atoms with Gasteiger partial charge in [-0.3, -0.25) is 9.89 Å². The first kappa shape index (κ1) is 12.5. The molecule has 100 valence electrons. The van der Waals surface area contributed by atoms with Crippen molar-refractivity contribution in [3.05, 3.63) is 40.4 Å². The van der Waals surface area contributed by atoms with Gasteiger partial charge in [-0.25, -0.2) is 0 Å². The van der Waals surface area contributed by atoms with Gasteiger partial charge in [0.05, 0.1) is 12.2 Å². The molecule has 6 heteroatoms. The molecule has 1 amide bonds. The number of aromatic nitrogens is 3. The first-order valence-electron chi connectivity index (χ1n) is 6.32. The summed E-state index contributed by atoms with van der Waals surface area (Å²) in [5.41, 5.74) is 1.68. The van der Waals surface area contributed by atoms with Crippen LogP contribution in [0, 0.1) is 0 Å². The molecular weight excluding hydrogens is 308 g/mol. The molecule has 2 N–H and O–H groups in total. The van der Waals surface area contributed by atoms with Crippen LogP contribution >= 0.6 is 15.9 Å². The van der Waals surface area contributed by atoms with Crippen LogP contribution in [-0.4, -0.2) is 20.7 Å². The summed E-state index contributed by atoms with van der Waals surface area (Å²) in [5, 5.41) is 9.64. The predicted molar refractivity (Wildman–Crippen MR) is 74.9 cm³/mol. The number of halogens is 1. The summed E-state index contributed by atoms with van der Waals surface area (Å²) in [4.78, 5) is 12.3. The number of H-pyrrole nitrogens is 1. The lowest BCUT2D eigenvalue weighted by Gasteiger charge is -2.13. The normalized spacial score (nSPS) is 16.3. The van der Waals surface area contributed by atoms with Crippen molar-refractivity contribution >= 4 is 21.8 Å². The van der Waals surface area contributed by atoms with E-state index >= 15 is 0 Å². The molecule has 3 rings (SSSR count). The van der Waals surface area contributed by atoms with Gasteiger partial charge in [0.15, 0.2) is 0 Å². The lowest BCUT2D eigenvalue weighted by molar-refractivity contribution is 0.0930. The molecule has 1 unspecified atom stereocenters. The quantitative estimate of drug-likeness (QED) is 0.909. The van der Waals surface area contributed by atoms with Gasteiger partial charge in [0, 0.05) is 28.5 Å². The zero-order valence-electron chi connectivity index (χ0n) is 10.6. The van der Waals surface area contributed by atoms with Crippen LogP contribution < -0.4 is 5.32 Å². The molecule has 5 nitrogen and oxygen atoms in total. The fourth-order valence-corrected chi connectivity index (χ4v) is 2.57. The molecule has 0 aromatic carbocycles. The number of carbonyl (C=O) groups is 1. The van der Waals surface area contributed by atoms with Crippen molar-refractivity contribution in [2.24, 2.45) is 0 Å². The largest absolute Gasteiger partial charge is 0.344 e. The number of nitrogens with zero attached hydrogens (tertiary/aromatic N) is 2. The van der Waals surface area contributed by atoms with Gasteiger partial charge in [0.1, 0.15) is 5.69 Å². The van der Waals surface area contributed by atoms with E-state index in [1.165, 1.54) is 0 Å². The second kappa shape index (κ2) is 4.85. The van der Waals surface area contributed by atoms with E-state index in [4.69, 9.17) is 0 Å². The second-order valence-electron chi connectivity index (χ2n) is 4.91. The summed E-state index contributed by atoms with van der Waals surface area (Å²) in [6, 6.07) is 2.29. The Morgan fingerprint density at radius 2 is 2.42 bits per heavy atom. The Balaban J connectivity index is 1.77.